The van der Waals surface area contributed by atoms with E-state index in [-0.39, 0.29) is 40.6 Å². The number of H-pyrrole nitrogens is 1. The van der Waals surface area contributed by atoms with Crippen molar-refractivity contribution in [1.82, 2.24) is 4.98 Å². The molecule has 1 aliphatic carbocycles. The maximum atomic E-state index is 13.1. The fourth-order valence-electron chi connectivity index (χ4n) is 4.71. The zero-order valence-corrected chi connectivity index (χ0v) is 18.9. The van der Waals surface area contributed by atoms with Crippen LogP contribution in [0.15, 0.2) is 24.3 Å². The molecule has 178 valence electrons. The number of anilines is 1. The van der Waals surface area contributed by atoms with Crippen LogP contribution in [-0.2, 0) is 10.9 Å². The average molecular weight is 464 g/mol. The maximum absolute atomic E-state index is 13.1. The molecule has 0 bridgehead atoms. The molecule has 0 aliphatic heterocycles. The van der Waals surface area contributed by atoms with Gasteiger partial charge in [0.1, 0.15) is 17.5 Å². The summed E-state index contributed by atoms with van der Waals surface area (Å²) in [5, 5.41) is 2.43. The molecule has 0 radical (unpaired) electrons. The second-order valence-corrected chi connectivity index (χ2v) is 8.97. The van der Waals surface area contributed by atoms with E-state index in [1.165, 1.54) is 13.0 Å². The number of nitrogens with one attached hydrogen (secondary N) is 2. The van der Waals surface area contributed by atoms with E-state index in [0.717, 1.165) is 31.0 Å². The molecule has 2 unspecified atom stereocenters. The lowest BCUT2D eigenvalue weighted by molar-refractivity contribution is -0.137. The first-order chi connectivity index (χ1) is 15.4. The van der Waals surface area contributed by atoms with Crippen molar-refractivity contribution in [1.29, 1.82) is 0 Å². The Morgan fingerprint density at radius 1 is 1.15 bits per heavy atom. The fraction of sp³-hybridized carbons (Fsp3) is 0.458. The minimum absolute atomic E-state index is 0.0181. The lowest BCUT2D eigenvalue weighted by Gasteiger charge is -2.37. The monoisotopic (exact) mass is 464 g/mol. The standard InChI is InChI=1S/C24H27F3N2O4/c1-12-8-13(2)20(14(3)9-12)33-23(32)19-15(4)18(11-30)28-21(19)29-22(31)16-6-5-7-17(10-16)24(25,26)27/h5-7,10-14,20,28H,8-9H2,1-4H3,(H,29,31). The highest BCUT2D eigenvalue weighted by Gasteiger charge is 2.36. The number of carbonyl (C=O) groups excluding carboxylic acids is 3. The van der Waals surface area contributed by atoms with Crippen LogP contribution in [-0.4, -0.2) is 29.3 Å². The number of halogens is 3. The Balaban J connectivity index is 1.88. The molecule has 1 saturated carbocycles. The molecule has 0 saturated heterocycles. The van der Waals surface area contributed by atoms with Gasteiger partial charge in [0.2, 0.25) is 0 Å². The predicted molar refractivity (Wildman–Crippen MR) is 116 cm³/mol. The first-order valence-electron chi connectivity index (χ1n) is 10.8. The Labute approximate surface area is 189 Å². The molecule has 6 nitrogen and oxygen atoms in total. The summed E-state index contributed by atoms with van der Waals surface area (Å²) < 4.78 is 44.8. The minimum Gasteiger partial charge on any atom is -0.458 e. The fourth-order valence-corrected chi connectivity index (χ4v) is 4.71. The van der Waals surface area contributed by atoms with Gasteiger partial charge >= 0.3 is 12.1 Å². The number of benzene rings is 1. The smallest absolute Gasteiger partial charge is 0.416 e. The molecule has 1 aliphatic rings. The van der Waals surface area contributed by atoms with Crippen LogP contribution in [0.3, 0.4) is 0 Å². The van der Waals surface area contributed by atoms with Gasteiger partial charge in [-0.3, -0.25) is 9.59 Å². The molecule has 33 heavy (non-hydrogen) atoms. The quantitative estimate of drug-likeness (QED) is 0.443. The van der Waals surface area contributed by atoms with Gasteiger partial charge in [-0.2, -0.15) is 13.2 Å². The summed E-state index contributed by atoms with van der Waals surface area (Å²) in [5.41, 5.74) is -0.873. The molecular weight excluding hydrogens is 437 g/mol. The Morgan fingerprint density at radius 3 is 2.36 bits per heavy atom. The van der Waals surface area contributed by atoms with Crippen LogP contribution in [0, 0.1) is 24.7 Å². The highest BCUT2D eigenvalue weighted by Crippen LogP contribution is 2.36. The SMILES string of the molecule is Cc1c(C=O)[nH]c(NC(=O)c2cccc(C(F)(F)F)c2)c1C(=O)OC1C(C)CC(C)CC1C. The van der Waals surface area contributed by atoms with E-state index < -0.39 is 23.6 Å². The summed E-state index contributed by atoms with van der Waals surface area (Å²) in [6.07, 6.45) is -2.61. The molecule has 2 aromatic rings. The molecule has 1 aromatic heterocycles. The molecular formula is C24H27F3N2O4. The summed E-state index contributed by atoms with van der Waals surface area (Å²) in [6, 6.07) is 3.93. The van der Waals surface area contributed by atoms with Crippen LogP contribution < -0.4 is 5.32 Å². The number of amides is 1. The van der Waals surface area contributed by atoms with E-state index in [4.69, 9.17) is 4.74 Å². The highest BCUT2D eigenvalue weighted by atomic mass is 19.4. The van der Waals surface area contributed by atoms with Crippen LogP contribution in [0.4, 0.5) is 19.0 Å². The van der Waals surface area contributed by atoms with Crippen molar-refractivity contribution in [3.63, 3.8) is 0 Å². The average Bonchev–Trinajstić information content (AvgIpc) is 3.05. The zero-order valence-electron chi connectivity index (χ0n) is 18.9. The number of aldehydes is 1. The van der Waals surface area contributed by atoms with Crippen molar-refractivity contribution in [2.75, 3.05) is 5.32 Å². The summed E-state index contributed by atoms with van der Waals surface area (Å²) >= 11 is 0. The van der Waals surface area contributed by atoms with Crippen molar-refractivity contribution < 1.29 is 32.3 Å². The first kappa shape index (κ1) is 24.5. The maximum Gasteiger partial charge on any atom is 0.416 e. The van der Waals surface area contributed by atoms with E-state index >= 15 is 0 Å². The first-order valence-corrected chi connectivity index (χ1v) is 10.8. The number of aromatic amines is 1. The molecule has 3 rings (SSSR count). The number of aromatic nitrogens is 1. The third kappa shape index (κ3) is 5.29. The summed E-state index contributed by atoms with van der Waals surface area (Å²) in [5.74, 6) is -0.854. The third-order valence-corrected chi connectivity index (χ3v) is 6.21. The van der Waals surface area contributed by atoms with Crippen molar-refractivity contribution in [3.8, 4) is 0 Å². The van der Waals surface area contributed by atoms with Crippen molar-refractivity contribution in [3.05, 3.63) is 52.2 Å². The molecule has 0 spiro atoms. The largest absolute Gasteiger partial charge is 0.458 e. The lowest BCUT2D eigenvalue weighted by atomic mass is 9.75. The number of esters is 1. The Morgan fingerprint density at radius 2 is 1.79 bits per heavy atom. The van der Waals surface area contributed by atoms with Crippen molar-refractivity contribution in [2.24, 2.45) is 17.8 Å². The molecule has 1 aromatic carbocycles. The van der Waals surface area contributed by atoms with Gasteiger partial charge in [-0.1, -0.05) is 26.8 Å². The van der Waals surface area contributed by atoms with Crippen LogP contribution in [0.2, 0.25) is 0 Å². The number of hydrogen-bond donors (Lipinski definition) is 2. The molecule has 1 amide bonds. The summed E-state index contributed by atoms with van der Waals surface area (Å²) in [6.45, 7) is 7.72. The van der Waals surface area contributed by atoms with E-state index in [1.807, 2.05) is 13.8 Å². The van der Waals surface area contributed by atoms with Gasteiger partial charge in [0.15, 0.2) is 6.29 Å². The van der Waals surface area contributed by atoms with Gasteiger partial charge in [0.05, 0.1) is 11.3 Å². The topological polar surface area (TPSA) is 88.3 Å². The predicted octanol–water partition coefficient (Wildman–Crippen LogP) is 5.63. The van der Waals surface area contributed by atoms with Gasteiger partial charge in [-0.25, -0.2) is 4.79 Å². The number of rotatable bonds is 5. The Kier molecular flexibility index (Phi) is 7.00. The summed E-state index contributed by atoms with van der Waals surface area (Å²) in [7, 11) is 0. The van der Waals surface area contributed by atoms with Crippen LogP contribution in [0.5, 0.6) is 0 Å². The molecule has 1 fully saturated rings. The number of carbonyl (C=O) groups is 3. The highest BCUT2D eigenvalue weighted by molar-refractivity contribution is 6.09. The summed E-state index contributed by atoms with van der Waals surface area (Å²) in [4.78, 5) is 39.9. The second kappa shape index (κ2) is 9.41. The second-order valence-electron chi connectivity index (χ2n) is 8.97. The van der Waals surface area contributed by atoms with Gasteiger partial charge in [-0.15, -0.1) is 0 Å². The number of hydrogen-bond acceptors (Lipinski definition) is 4. The van der Waals surface area contributed by atoms with Gasteiger partial charge < -0.3 is 15.0 Å². The molecule has 1 heterocycles. The Bertz CT molecular complexity index is 1050. The van der Waals surface area contributed by atoms with E-state index in [1.54, 1.807) is 0 Å². The number of ether oxygens (including phenoxy) is 1. The zero-order chi connectivity index (χ0) is 24.5. The van der Waals surface area contributed by atoms with Gasteiger partial charge in [0.25, 0.3) is 5.91 Å². The van der Waals surface area contributed by atoms with Gasteiger partial charge in [0, 0.05) is 5.56 Å². The van der Waals surface area contributed by atoms with Crippen LogP contribution in [0.25, 0.3) is 0 Å². The third-order valence-electron chi connectivity index (χ3n) is 6.21. The molecule has 2 atom stereocenters. The van der Waals surface area contributed by atoms with E-state index in [0.29, 0.717) is 17.8 Å². The van der Waals surface area contributed by atoms with Gasteiger partial charge in [-0.05, 0) is 61.3 Å². The minimum atomic E-state index is -4.61. The van der Waals surface area contributed by atoms with Crippen LogP contribution in [0.1, 0.15) is 75.9 Å². The van der Waals surface area contributed by atoms with Crippen molar-refractivity contribution >= 4 is 24.0 Å². The molecule has 2 N–H and O–H groups in total. The molecule has 9 heteroatoms. The van der Waals surface area contributed by atoms with E-state index in [2.05, 4.69) is 17.2 Å². The lowest BCUT2D eigenvalue weighted by Crippen LogP contribution is -2.37. The Hall–Kier alpha value is -3.10. The number of alkyl halides is 3. The van der Waals surface area contributed by atoms with E-state index in [9.17, 15) is 27.6 Å². The normalized spacial score (nSPS) is 23.1. The van der Waals surface area contributed by atoms with Crippen LogP contribution >= 0.6 is 0 Å². The van der Waals surface area contributed by atoms with Crippen molar-refractivity contribution in [2.45, 2.75) is 52.8 Å².